The van der Waals surface area contributed by atoms with E-state index in [2.05, 4.69) is 22.1 Å². The number of nitrogens with one attached hydrogen (secondary N) is 1. The number of nitrogens with zero attached hydrogens (tertiary/aromatic N) is 3. The van der Waals surface area contributed by atoms with Gasteiger partial charge in [0.1, 0.15) is 5.82 Å². The molecule has 32 heavy (non-hydrogen) atoms. The maximum absolute atomic E-state index is 14.2. The number of anilines is 1. The van der Waals surface area contributed by atoms with E-state index in [0.717, 1.165) is 0 Å². The number of carbonyl (C=O) groups is 2. The third kappa shape index (κ3) is 5.91. The normalized spacial score (nSPS) is 10.9. The molecule has 6 nitrogen and oxygen atoms in total. The van der Waals surface area contributed by atoms with Crippen molar-refractivity contribution in [1.82, 2.24) is 14.8 Å². The predicted molar refractivity (Wildman–Crippen MR) is 125 cm³/mol. The number of ketones is 1. The number of hydrogen-bond acceptors (Lipinski definition) is 5. The average molecular weight is 453 g/mol. The summed E-state index contributed by atoms with van der Waals surface area (Å²) in [6.45, 7) is 8.09. The smallest absolute Gasteiger partial charge is 0.224 e. The highest BCUT2D eigenvalue weighted by Gasteiger charge is 2.18. The number of benzene rings is 2. The van der Waals surface area contributed by atoms with Gasteiger partial charge in [-0.25, -0.2) is 4.39 Å². The van der Waals surface area contributed by atoms with Gasteiger partial charge in [-0.15, -0.1) is 16.8 Å². The van der Waals surface area contributed by atoms with E-state index in [1.165, 1.54) is 17.8 Å². The van der Waals surface area contributed by atoms with Crippen LogP contribution in [0.1, 0.15) is 30.6 Å². The van der Waals surface area contributed by atoms with Crippen LogP contribution in [-0.2, 0) is 11.3 Å². The highest BCUT2D eigenvalue weighted by atomic mass is 32.2. The number of hydrogen-bond donors (Lipinski definition) is 1. The topological polar surface area (TPSA) is 76.9 Å². The summed E-state index contributed by atoms with van der Waals surface area (Å²) in [5, 5.41) is 11.6. The monoisotopic (exact) mass is 452 g/mol. The lowest BCUT2D eigenvalue weighted by atomic mass is 10.1. The van der Waals surface area contributed by atoms with Crippen LogP contribution in [0.2, 0.25) is 0 Å². The molecule has 8 heteroatoms. The Labute approximate surface area is 190 Å². The lowest BCUT2D eigenvalue weighted by Gasteiger charge is -2.09. The first kappa shape index (κ1) is 23.4. The van der Waals surface area contributed by atoms with Crippen molar-refractivity contribution < 1.29 is 14.0 Å². The molecule has 0 saturated carbocycles. The quantitative estimate of drug-likeness (QED) is 0.259. The van der Waals surface area contributed by atoms with E-state index in [-0.39, 0.29) is 23.4 Å². The van der Waals surface area contributed by atoms with Gasteiger partial charge >= 0.3 is 0 Å². The van der Waals surface area contributed by atoms with Gasteiger partial charge in [-0.05, 0) is 42.3 Å². The van der Waals surface area contributed by atoms with Gasteiger partial charge in [-0.2, -0.15) is 0 Å². The van der Waals surface area contributed by atoms with E-state index in [1.807, 2.05) is 13.8 Å². The summed E-state index contributed by atoms with van der Waals surface area (Å²) in [5.74, 6) is 0.274. The molecule has 0 aliphatic rings. The molecule has 0 radical (unpaired) electrons. The number of thioether (sulfide) groups is 1. The summed E-state index contributed by atoms with van der Waals surface area (Å²) in [6, 6.07) is 13.2. The van der Waals surface area contributed by atoms with Crippen molar-refractivity contribution in [3.63, 3.8) is 0 Å². The maximum atomic E-state index is 14.2. The Hall–Kier alpha value is -3.26. The molecule has 0 spiro atoms. The Bertz CT molecular complexity index is 1110. The number of aromatic nitrogens is 3. The van der Waals surface area contributed by atoms with E-state index in [1.54, 1.807) is 53.1 Å². The Morgan fingerprint density at radius 3 is 2.53 bits per heavy atom. The Kier molecular flexibility index (Phi) is 7.94. The zero-order chi connectivity index (χ0) is 23.1. The van der Waals surface area contributed by atoms with E-state index in [4.69, 9.17) is 0 Å². The van der Waals surface area contributed by atoms with Crippen LogP contribution in [0.5, 0.6) is 0 Å². The van der Waals surface area contributed by atoms with Crippen molar-refractivity contribution in [2.75, 3.05) is 11.1 Å². The number of allylic oxidation sites excluding steroid dienone is 1. The minimum absolute atomic E-state index is 0.0538. The number of carbonyl (C=O) groups excluding carboxylic acids is 2. The predicted octanol–water partition coefficient (Wildman–Crippen LogP) is 5.23. The molecular weight excluding hydrogens is 427 g/mol. The molecule has 3 aromatic rings. The number of halogens is 1. The molecule has 0 unspecified atom stereocenters. The second kappa shape index (κ2) is 10.9. The molecular formula is C24H25FN4O2S. The van der Waals surface area contributed by atoms with E-state index >= 15 is 0 Å². The van der Waals surface area contributed by atoms with E-state index in [0.29, 0.717) is 40.8 Å². The molecule has 0 aliphatic carbocycles. The fourth-order valence-electron chi connectivity index (χ4n) is 3.07. The molecule has 1 heterocycles. The van der Waals surface area contributed by atoms with Gasteiger partial charge in [0.2, 0.25) is 5.91 Å². The van der Waals surface area contributed by atoms with Crippen LogP contribution < -0.4 is 5.32 Å². The first-order valence-corrected chi connectivity index (χ1v) is 11.2. The minimum Gasteiger partial charge on any atom is -0.326 e. The summed E-state index contributed by atoms with van der Waals surface area (Å²) >= 11 is 1.23. The van der Waals surface area contributed by atoms with E-state index < -0.39 is 5.82 Å². The number of rotatable bonds is 10. The van der Waals surface area contributed by atoms with Gasteiger partial charge in [-0.1, -0.05) is 43.8 Å². The molecule has 2 aromatic carbocycles. The van der Waals surface area contributed by atoms with Crippen molar-refractivity contribution >= 4 is 29.1 Å². The standard InChI is InChI=1S/C24H25FN4O2S/c1-4-13-29-23(19-7-5-6-8-20(19)25)27-28-24(29)32-15-21(30)17-9-11-18(12-10-17)26-22(31)14-16(2)3/h4-12,16H,1,13-15H2,2-3H3,(H,26,31). The lowest BCUT2D eigenvalue weighted by Crippen LogP contribution is -2.14. The molecule has 0 bridgehead atoms. The minimum atomic E-state index is -0.390. The van der Waals surface area contributed by atoms with Crippen molar-refractivity contribution in [1.29, 1.82) is 0 Å². The zero-order valence-electron chi connectivity index (χ0n) is 18.0. The zero-order valence-corrected chi connectivity index (χ0v) is 18.9. The molecule has 1 amide bonds. The average Bonchev–Trinajstić information content (AvgIpc) is 3.15. The Morgan fingerprint density at radius 2 is 1.88 bits per heavy atom. The molecule has 3 rings (SSSR count). The van der Waals surface area contributed by atoms with Gasteiger partial charge < -0.3 is 5.32 Å². The van der Waals surface area contributed by atoms with Crippen LogP contribution in [0.4, 0.5) is 10.1 Å². The first-order valence-electron chi connectivity index (χ1n) is 10.2. The lowest BCUT2D eigenvalue weighted by molar-refractivity contribution is -0.116. The summed E-state index contributed by atoms with van der Waals surface area (Å²) in [5.41, 5.74) is 1.53. The molecule has 0 aliphatic heterocycles. The SMILES string of the molecule is C=CCn1c(SCC(=O)c2ccc(NC(=O)CC(C)C)cc2)nnc1-c1ccccc1F. The van der Waals surface area contributed by atoms with Crippen LogP contribution in [-0.4, -0.2) is 32.2 Å². The van der Waals surface area contributed by atoms with Gasteiger partial charge in [0.25, 0.3) is 0 Å². The van der Waals surface area contributed by atoms with Crippen molar-refractivity contribution in [3.05, 3.63) is 72.6 Å². The Morgan fingerprint density at radius 1 is 1.16 bits per heavy atom. The highest BCUT2D eigenvalue weighted by molar-refractivity contribution is 7.99. The van der Waals surface area contributed by atoms with Gasteiger partial charge in [0, 0.05) is 24.2 Å². The van der Waals surface area contributed by atoms with Crippen molar-refractivity contribution in [2.24, 2.45) is 5.92 Å². The van der Waals surface area contributed by atoms with Crippen molar-refractivity contribution in [2.45, 2.75) is 32.0 Å². The Balaban J connectivity index is 1.68. The molecule has 0 fully saturated rings. The number of amides is 1. The van der Waals surface area contributed by atoms with Crippen LogP contribution in [0.3, 0.4) is 0 Å². The van der Waals surface area contributed by atoms with Crippen molar-refractivity contribution in [3.8, 4) is 11.4 Å². The van der Waals surface area contributed by atoms with Crippen LogP contribution >= 0.6 is 11.8 Å². The second-order valence-corrected chi connectivity index (χ2v) is 8.56. The largest absolute Gasteiger partial charge is 0.326 e. The maximum Gasteiger partial charge on any atom is 0.224 e. The van der Waals surface area contributed by atoms with E-state index in [9.17, 15) is 14.0 Å². The molecule has 0 atom stereocenters. The van der Waals surface area contributed by atoms with Gasteiger partial charge in [0.15, 0.2) is 16.8 Å². The highest BCUT2D eigenvalue weighted by Crippen LogP contribution is 2.26. The molecule has 1 aromatic heterocycles. The summed E-state index contributed by atoms with van der Waals surface area (Å²) in [7, 11) is 0. The molecule has 1 N–H and O–H groups in total. The van der Waals surface area contributed by atoms with Gasteiger partial charge in [0.05, 0.1) is 11.3 Å². The fourth-order valence-corrected chi connectivity index (χ4v) is 3.91. The summed E-state index contributed by atoms with van der Waals surface area (Å²) in [6.07, 6.45) is 2.11. The van der Waals surface area contributed by atoms with Crippen LogP contribution in [0.15, 0.2) is 66.3 Å². The molecule has 166 valence electrons. The summed E-state index contributed by atoms with van der Waals surface area (Å²) in [4.78, 5) is 24.5. The fraction of sp³-hybridized carbons (Fsp3) is 0.250. The first-order chi connectivity index (χ1) is 15.4. The second-order valence-electron chi connectivity index (χ2n) is 7.62. The number of Topliss-reactive ketones (excluding diaryl/α,β-unsaturated/α-hetero) is 1. The van der Waals surface area contributed by atoms with Crippen LogP contribution in [0, 0.1) is 11.7 Å². The third-order valence-electron chi connectivity index (χ3n) is 4.56. The summed E-state index contributed by atoms with van der Waals surface area (Å²) < 4.78 is 16.0. The molecule has 0 saturated heterocycles. The van der Waals surface area contributed by atoms with Crippen LogP contribution in [0.25, 0.3) is 11.4 Å². The third-order valence-corrected chi connectivity index (χ3v) is 5.53. The van der Waals surface area contributed by atoms with Gasteiger partial charge in [-0.3, -0.25) is 14.2 Å².